The molecule has 0 amide bonds. The van der Waals surface area contributed by atoms with E-state index < -0.39 is 0 Å². The Morgan fingerprint density at radius 2 is 1.67 bits per heavy atom. The maximum Gasteiger partial charge on any atom is 0.241 e. The molecule has 1 aromatic heterocycles. The van der Waals surface area contributed by atoms with E-state index in [1.807, 2.05) is 13.1 Å². The number of aromatic nitrogens is 2. The zero-order chi connectivity index (χ0) is 16.9. The van der Waals surface area contributed by atoms with E-state index in [0.29, 0.717) is 24.2 Å². The first-order chi connectivity index (χ1) is 11.6. The standard InChI is InChI=1S/C20H23N3O/c1-15(2)17-9-11-18(12-10-17)20-21-19(24-22-20)14-23(3)13-16-7-5-4-6-8-16/h4-12,15H,13-14H2,1-3H3. The van der Waals surface area contributed by atoms with E-state index in [4.69, 9.17) is 4.52 Å². The Labute approximate surface area is 143 Å². The minimum absolute atomic E-state index is 0.520. The smallest absolute Gasteiger partial charge is 0.241 e. The van der Waals surface area contributed by atoms with Gasteiger partial charge in [-0.2, -0.15) is 4.98 Å². The average molecular weight is 321 g/mol. The van der Waals surface area contributed by atoms with Crippen molar-refractivity contribution in [1.29, 1.82) is 0 Å². The van der Waals surface area contributed by atoms with Crippen molar-refractivity contribution in [2.24, 2.45) is 0 Å². The molecular formula is C20H23N3O. The van der Waals surface area contributed by atoms with E-state index in [2.05, 4.69) is 77.4 Å². The SMILES string of the molecule is CC(C)c1ccc(-c2noc(CN(C)Cc3ccccc3)n2)cc1. The third-order valence-electron chi connectivity index (χ3n) is 4.00. The van der Waals surface area contributed by atoms with Gasteiger partial charge >= 0.3 is 0 Å². The van der Waals surface area contributed by atoms with E-state index in [1.165, 1.54) is 11.1 Å². The van der Waals surface area contributed by atoms with Gasteiger partial charge in [-0.15, -0.1) is 0 Å². The lowest BCUT2D eigenvalue weighted by Crippen LogP contribution is -2.17. The lowest BCUT2D eigenvalue weighted by molar-refractivity contribution is 0.261. The molecule has 24 heavy (non-hydrogen) atoms. The van der Waals surface area contributed by atoms with Gasteiger partial charge in [-0.3, -0.25) is 4.90 Å². The fourth-order valence-corrected chi connectivity index (χ4v) is 2.64. The summed E-state index contributed by atoms with van der Waals surface area (Å²) in [5.74, 6) is 1.80. The summed E-state index contributed by atoms with van der Waals surface area (Å²) >= 11 is 0. The summed E-state index contributed by atoms with van der Waals surface area (Å²) in [5, 5.41) is 4.11. The molecule has 0 saturated carbocycles. The summed E-state index contributed by atoms with van der Waals surface area (Å²) in [4.78, 5) is 6.68. The van der Waals surface area contributed by atoms with Gasteiger partial charge in [0.2, 0.25) is 11.7 Å². The highest BCUT2D eigenvalue weighted by atomic mass is 16.5. The van der Waals surface area contributed by atoms with Gasteiger partial charge in [-0.1, -0.05) is 73.6 Å². The van der Waals surface area contributed by atoms with Crippen LogP contribution in [0.2, 0.25) is 0 Å². The van der Waals surface area contributed by atoms with Crippen molar-refractivity contribution in [2.45, 2.75) is 32.9 Å². The van der Waals surface area contributed by atoms with Crippen molar-refractivity contribution in [3.63, 3.8) is 0 Å². The molecule has 1 heterocycles. The van der Waals surface area contributed by atoms with Crippen LogP contribution in [-0.4, -0.2) is 22.1 Å². The molecule has 4 nitrogen and oxygen atoms in total. The maximum absolute atomic E-state index is 5.40. The second-order valence-electron chi connectivity index (χ2n) is 6.45. The molecule has 3 aromatic rings. The summed E-state index contributed by atoms with van der Waals surface area (Å²) in [5.41, 5.74) is 3.56. The first-order valence-corrected chi connectivity index (χ1v) is 8.27. The Hall–Kier alpha value is -2.46. The van der Waals surface area contributed by atoms with Gasteiger partial charge in [0.1, 0.15) is 0 Å². The molecule has 0 unspecified atom stereocenters. The van der Waals surface area contributed by atoms with Crippen LogP contribution in [0.1, 0.15) is 36.8 Å². The fourth-order valence-electron chi connectivity index (χ4n) is 2.64. The van der Waals surface area contributed by atoms with Crippen LogP contribution in [-0.2, 0) is 13.1 Å². The van der Waals surface area contributed by atoms with E-state index >= 15 is 0 Å². The molecular weight excluding hydrogens is 298 g/mol. The third kappa shape index (κ3) is 4.09. The fraction of sp³-hybridized carbons (Fsp3) is 0.300. The molecule has 0 aliphatic rings. The van der Waals surface area contributed by atoms with E-state index in [9.17, 15) is 0 Å². The number of nitrogens with zero attached hydrogens (tertiary/aromatic N) is 3. The van der Waals surface area contributed by atoms with Gasteiger partial charge in [0.15, 0.2) is 0 Å². The summed E-state index contributed by atoms with van der Waals surface area (Å²) in [7, 11) is 2.05. The van der Waals surface area contributed by atoms with Gasteiger partial charge < -0.3 is 4.52 Å². The zero-order valence-electron chi connectivity index (χ0n) is 14.4. The summed E-state index contributed by atoms with van der Waals surface area (Å²) in [6, 6.07) is 18.7. The van der Waals surface area contributed by atoms with Gasteiger partial charge in [0, 0.05) is 12.1 Å². The Balaban J connectivity index is 1.64. The molecule has 0 atom stereocenters. The van der Waals surface area contributed by atoms with Crippen molar-refractivity contribution in [3.8, 4) is 11.4 Å². The number of rotatable bonds is 6. The largest absolute Gasteiger partial charge is 0.338 e. The molecule has 4 heteroatoms. The molecule has 0 fully saturated rings. The normalized spacial score (nSPS) is 11.4. The van der Waals surface area contributed by atoms with Crippen molar-refractivity contribution >= 4 is 0 Å². The Kier molecular flexibility index (Phi) is 5.06. The Morgan fingerprint density at radius 3 is 2.33 bits per heavy atom. The molecule has 0 aliphatic heterocycles. The van der Waals surface area contributed by atoms with E-state index in [1.54, 1.807) is 0 Å². The summed E-state index contributed by atoms with van der Waals surface area (Å²) in [6.07, 6.45) is 0. The second-order valence-corrected chi connectivity index (χ2v) is 6.45. The van der Waals surface area contributed by atoms with Crippen LogP contribution in [0.15, 0.2) is 59.1 Å². The Morgan fingerprint density at radius 1 is 0.958 bits per heavy atom. The highest BCUT2D eigenvalue weighted by Crippen LogP contribution is 2.20. The van der Waals surface area contributed by atoms with Crippen LogP contribution >= 0.6 is 0 Å². The number of benzene rings is 2. The number of hydrogen-bond acceptors (Lipinski definition) is 4. The maximum atomic E-state index is 5.40. The lowest BCUT2D eigenvalue weighted by atomic mass is 10.0. The topological polar surface area (TPSA) is 42.2 Å². The second kappa shape index (κ2) is 7.41. The molecule has 0 saturated heterocycles. The predicted molar refractivity (Wildman–Crippen MR) is 95.4 cm³/mol. The van der Waals surface area contributed by atoms with Crippen LogP contribution in [0, 0.1) is 0 Å². The lowest BCUT2D eigenvalue weighted by Gasteiger charge is -2.13. The third-order valence-corrected chi connectivity index (χ3v) is 4.00. The molecule has 2 aromatic carbocycles. The van der Waals surface area contributed by atoms with Crippen LogP contribution in [0.3, 0.4) is 0 Å². The van der Waals surface area contributed by atoms with Crippen LogP contribution in [0.25, 0.3) is 11.4 Å². The first-order valence-electron chi connectivity index (χ1n) is 8.27. The minimum Gasteiger partial charge on any atom is -0.338 e. The predicted octanol–water partition coefficient (Wildman–Crippen LogP) is 4.49. The monoisotopic (exact) mass is 321 g/mol. The molecule has 3 rings (SSSR count). The van der Waals surface area contributed by atoms with E-state index in [0.717, 1.165) is 12.1 Å². The van der Waals surface area contributed by atoms with Crippen molar-refractivity contribution in [3.05, 3.63) is 71.6 Å². The minimum atomic E-state index is 0.520. The molecule has 0 aliphatic carbocycles. The van der Waals surface area contributed by atoms with Gasteiger partial charge in [-0.25, -0.2) is 0 Å². The summed E-state index contributed by atoms with van der Waals surface area (Å²) in [6.45, 7) is 5.85. The highest BCUT2D eigenvalue weighted by Gasteiger charge is 2.11. The van der Waals surface area contributed by atoms with Crippen molar-refractivity contribution in [2.75, 3.05) is 7.05 Å². The van der Waals surface area contributed by atoms with Crippen molar-refractivity contribution in [1.82, 2.24) is 15.0 Å². The molecule has 0 spiro atoms. The van der Waals surface area contributed by atoms with E-state index in [-0.39, 0.29) is 0 Å². The molecule has 0 bridgehead atoms. The van der Waals surface area contributed by atoms with Gasteiger partial charge in [0.05, 0.1) is 6.54 Å². The van der Waals surface area contributed by atoms with Crippen LogP contribution in [0.5, 0.6) is 0 Å². The molecule has 124 valence electrons. The molecule has 0 radical (unpaired) electrons. The summed E-state index contributed by atoms with van der Waals surface area (Å²) < 4.78 is 5.40. The average Bonchev–Trinajstić information content (AvgIpc) is 3.04. The quantitative estimate of drug-likeness (QED) is 0.671. The van der Waals surface area contributed by atoms with Gasteiger partial charge in [-0.05, 0) is 24.1 Å². The van der Waals surface area contributed by atoms with Crippen LogP contribution < -0.4 is 0 Å². The van der Waals surface area contributed by atoms with Crippen molar-refractivity contribution < 1.29 is 4.52 Å². The number of hydrogen-bond donors (Lipinski definition) is 0. The van der Waals surface area contributed by atoms with Crippen LogP contribution in [0.4, 0.5) is 0 Å². The first kappa shape index (κ1) is 16.4. The Bertz CT molecular complexity index is 763. The molecule has 0 N–H and O–H groups in total. The zero-order valence-corrected chi connectivity index (χ0v) is 14.4. The van der Waals surface area contributed by atoms with Gasteiger partial charge in [0.25, 0.3) is 0 Å². The highest BCUT2D eigenvalue weighted by molar-refractivity contribution is 5.54.